The van der Waals surface area contributed by atoms with E-state index in [2.05, 4.69) is 17.0 Å². The van der Waals surface area contributed by atoms with Crippen LogP contribution in [0.5, 0.6) is 5.75 Å². The standard InChI is InChI=1S/C25H21N3O2S2/c1-27-20-10-6-7-11-21(20)31-24(27)22-23(29)28(16-17-8-4-3-5-9-17)25(32-22)26-18-12-14-19(30-2)15-13-18/h3-15H,16H2,1-2H3. The van der Waals surface area contributed by atoms with Crippen molar-refractivity contribution in [1.29, 1.82) is 0 Å². The number of thioether (sulfide) groups is 2. The first-order chi connectivity index (χ1) is 15.6. The maximum Gasteiger partial charge on any atom is 0.269 e. The lowest BCUT2D eigenvalue weighted by atomic mass is 10.2. The number of ether oxygens (including phenoxy) is 1. The number of aliphatic imine (C=N–C) groups is 1. The van der Waals surface area contributed by atoms with Gasteiger partial charge in [-0.15, -0.1) is 0 Å². The van der Waals surface area contributed by atoms with E-state index >= 15 is 0 Å². The van der Waals surface area contributed by atoms with Crippen molar-refractivity contribution >= 4 is 46.0 Å². The highest BCUT2D eigenvalue weighted by Crippen LogP contribution is 2.50. The second-order valence-corrected chi connectivity index (χ2v) is 9.34. The highest BCUT2D eigenvalue weighted by molar-refractivity contribution is 8.19. The molecule has 1 amide bonds. The van der Waals surface area contributed by atoms with E-state index < -0.39 is 0 Å². The van der Waals surface area contributed by atoms with Crippen molar-refractivity contribution in [1.82, 2.24) is 4.90 Å². The molecule has 2 aliphatic rings. The Hall–Kier alpha value is -3.16. The van der Waals surface area contributed by atoms with Gasteiger partial charge in [0.05, 0.1) is 30.1 Å². The smallest absolute Gasteiger partial charge is 0.269 e. The molecule has 32 heavy (non-hydrogen) atoms. The summed E-state index contributed by atoms with van der Waals surface area (Å²) in [5.41, 5.74) is 2.95. The van der Waals surface area contributed by atoms with Crippen molar-refractivity contribution in [3.8, 4) is 5.75 Å². The molecule has 0 unspecified atom stereocenters. The summed E-state index contributed by atoms with van der Waals surface area (Å²) in [6.07, 6.45) is 0. The number of para-hydroxylation sites is 1. The Bertz CT molecular complexity index is 1220. The van der Waals surface area contributed by atoms with Crippen molar-refractivity contribution < 1.29 is 9.53 Å². The van der Waals surface area contributed by atoms with Gasteiger partial charge >= 0.3 is 0 Å². The van der Waals surface area contributed by atoms with Crippen molar-refractivity contribution in [3.63, 3.8) is 0 Å². The fraction of sp³-hybridized carbons (Fsp3) is 0.120. The molecular formula is C25H21N3O2S2. The molecule has 160 valence electrons. The number of amidine groups is 1. The van der Waals surface area contributed by atoms with E-state index in [-0.39, 0.29) is 5.91 Å². The van der Waals surface area contributed by atoms with Gasteiger partial charge in [-0.1, -0.05) is 54.2 Å². The maximum atomic E-state index is 13.6. The summed E-state index contributed by atoms with van der Waals surface area (Å²) < 4.78 is 5.25. The van der Waals surface area contributed by atoms with E-state index in [0.29, 0.717) is 16.6 Å². The first-order valence-corrected chi connectivity index (χ1v) is 11.8. The second-order valence-electron chi connectivity index (χ2n) is 7.33. The largest absolute Gasteiger partial charge is 0.497 e. The SMILES string of the molecule is COc1ccc(N=C2SC(=C3Sc4ccccc4N3C)C(=O)N2Cc2ccccc2)cc1. The monoisotopic (exact) mass is 459 g/mol. The number of fused-ring (bicyclic) bond motifs is 1. The first kappa shape index (κ1) is 20.7. The lowest BCUT2D eigenvalue weighted by molar-refractivity contribution is -0.122. The Morgan fingerprint density at radius 3 is 2.34 bits per heavy atom. The summed E-state index contributed by atoms with van der Waals surface area (Å²) >= 11 is 3.07. The van der Waals surface area contributed by atoms with Crippen LogP contribution in [0, 0.1) is 0 Å². The number of hydrogen-bond acceptors (Lipinski definition) is 6. The van der Waals surface area contributed by atoms with Crippen LogP contribution in [0.4, 0.5) is 11.4 Å². The first-order valence-electron chi connectivity index (χ1n) is 10.2. The minimum Gasteiger partial charge on any atom is -0.497 e. The van der Waals surface area contributed by atoms with Gasteiger partial charge in [0.2, 0.25) is 0 Å². The van der Waals surface area contributed by atoms with Crippen LogP contribution in [0.25, 0.3) is 0 Å². The molecule has 0 radical (unpaired) electrons. The van der Waals surface area contributed by atoms with Crippen LogP contribution < -0.4 is 9.64 Å². The van der Waals surface area contributed by atoms with Crippen molar-refractivity contribution in [3.05, 3.63) is 94.4 Å². The fourth-order valence-electron chi connectivity index (χ4n) is 3.59. The Morgan fingerprint density at radius 2 is 1.62 bits per heavy atom. The Morgan fingerprint density at radius 1 is 0.906 bits per heavy atom. The number of amides is 1. The topological polar surface area (TPSA) is 45.1 Å². The molecule has 0 spiro atoms. The van der Waals surface area contributed by atoms with Crippen LogP contribution >= 0.6 is 23.5 Å². The number of carbonyl (C=O) groups excluding carboxylic acids is 1. The average molecular weight is 460 g/mol. The lowest BCUT2D eigenvalue weighted by Gasteiger charge is -2.17. The quantitative estimate of drug-likeness (QED) is 0.457. The summed E-state index contributed by atoms with van der Waals surface area (Å²) in [5, 5.41) is 1.62. The molecule has 1 fully saturated rings. The molecule has 0 atom stereocenters. The normalized spacial score (nSPS) is 19.1. The Balaban J connectivity index is 1.53. The molecule has 3 aromatic rings. The van der Waals surface area contributed by atoms with E-state index in [1.807, 2.05) is 73.8 Å². The van der Waals surface area contributed by atoms with Crippen LogP contribution in [0.2, 0.25) is 0 Å². The number of nitrogens with zero attached hydrogens (tertiary/aromatic N) is 3. The third kappa shape index (κ3) is 3.89. The van der Waals surface area contributed by atoms with Crippen LogP contribution in [0.3, 0.4) is 0 Å². The fourth-order valence-corrected chi connectivity index (χ4v) is 5.93. The molecule has 0 aliphatic carbocycles. The molecule has 3 aromatic carbocycles. The summed E-state index contributed by atoms with van der Waals surface area (Å²) in [4.78, 5) is 24.1. The maximum absolute atomic E-state index is 13.6. The van der Waals surface area contributed by atoms with Gasteiger partial charge in [-0.25, -0.2) is 4.99 Å². The summed E-state index contributed by atoms with van der Waals surface area (Å²) in [5.74, 6) is 0.753. The van der Waals surface area contributed by atoms with Crippen molar-refractivity contribution in [2.75, 3.05) is 19.1 Å². The molecule has 5 rings (SSSR count). The summed E-state index contributed by atoms with van der Waals surface area (Å²) in [6.45, 7) is 0.472. The number of rotatable bonds is 4. The zero-order valence-corrected chi connectivity index (χ0v) is 19.3. The second kappa shape index (κ2) is 8.76. The Labute approximate surface area is 195 Å². The third-order valence-corrected chi connectivity index (χ3v) is 7.71. The van der Waals surface area contributed by atoms with Gasteiger partial charge in [0.1, 0.15) is 10.7 Å². The van der Waals surface area contributed by atoms with E-state index in [9.17, 15) is 4.79 Å². The van der Waals surface area contributed by atoms with Gasteiger partial charge in [-0.2, -0.15) is 0 Å². The average Bonchev–Trinajstić information content (AvgIpc) is 3.32. The van der Waals surface area contributed by atoms with E-state index in [4.69, 9.17) is 9.73 Å². The zero-order chi connectivity index (χ0) is 22.1. The van der Waals surface area contributed by atoms with Gasteiger partial charge in [0.25, 0.3) is 5.91 Å². The highest BCUT2D eigenvalue weighted by atomic mass is 32.2. The van der Waals surface area contributed by atoms with Crippen LogP contribution in [0.15, 0.2) is 98.7 Å². The Kier molecular flexibility index (Phi) is 5.68. The number of carbonyl (C=O) groups is 1. The predicted octanol–water partition coefficient (Wildman–Crippen LogP) is 5.87. The van der Waals surface area contributed by atoms with Gasteiger partial charge in [-0.05, 0) is 53.7 Å². The number of anilines is 1. The molecule has 7 heteroatoms. The summed E-state index contributed by atoms with van der Waals surface area (Å²) in [6, 6.07) is 25.8. The lowest BCUT2D eigenvalue weighted by Crippen LogP contribution is -2.29. The van der Waals surface area contributed by atoms with E-state index in [0.717, 1.165) is 32.6 Å². The molecule has 0 saturated carbocycles. The molecule has 5 nitrogen and oxygen atoms in total. The molecule has 0 bridgehead atoms. The molecule has 0 aromatic heterocycles. The number of methoxy groups -OCH3 is 1. The van der Waals surface area contributed by atoms with Gasteiger partial charge in [0.15, 0.2) is 5.17 Å². The molecular weight excluding hydrogens is 438 g/mol. The van der Waals surface area contributed by atoms with Crippen LogP contribution in [0.1, 0.15) is 5.56 Å². The number of hydrogen-bond donors (Lipinski definition) is 0. The molecule has 2 aliphatic heterocycles. The van der Waals surface area contributed by atoms with E-state index in [1.165, 1.54) is 11.8 Å². The zero-order valence-electron chi connectivity index (χ0n) is 17.7. The van der Waals surface area contributed by atoms with Crippen LogP contribution in [-0.2, 0) is 11.3 Å². The molecule has 2 heterocycles. The van der Waals surface area contributed by atoms with Crippen molar-refractivity contribution in [2.45, 2.75) is 11.4 Å². The van der Waals surface area contributed by atoms with E-state index in [1.54, 1.807) is 23.8 Å². The van der Waals surface area contributed by atoms with Gasteiger partial charge < -0.3 is 9.64 Å². The summed E-state index contributed by atoms with van der Waals surface area (Å²) in [7, 11) is 3.65. The third-order valence-electron chi connectivity index (χ3n) is 5.28. The number of benzene rings is 3. The van der Waals surface area contributed by atoms with Gasteiger partial charge in [-0.3, -0.25) is 9.69 Å². The molecule has 1 saturated heterocycles. The van der Waals surface area contributed by atoms with Crippen LogP contribution in [-0.4, -0.2) is 30.1 Å². The van der Waals surface area contributed by atoms with Gasteiger partial charge in [0, 0.05) is 11.9 Å². The van der Waals surface area contributed by atoms with Crippen molar-refractivity contribution in [2.24, 2.45) is 4.99 Å². The minimum absolute atomic E-state index is 0.0201. The molecule has 0 N–H and O–H groups in total. The minimum atomic E-state index is -0.0201. The highest BCUT2D eigenvalue weighted by Gasteiger charge is 2.39. The predicted molar refractivity (Wildman–Crippen MR) is 132 cm³/mol.